The van der Waals surface area contributed by atoms with Crippen LogP contribution in [0.4, 0.5) is 5.69 Å². The average molecular weight is 540 g/mol. The summed E-state index contributed by atoms with van der Waals surface area (Å²) in [5.74, 6) is 0.437. The van der Waals surface area contributed by atoms with Crippen molar-refractivity contribution >= 4 is 27.5 Å². The molecule has 0 fully saturated rings. The lowest BCUT2D eigenvalue weighted by Crippen LogP contribution is -3.70. The molecule has 0 spiro atoms. The van der Waals surface area contributed by atoms with E-state index in [0.29, 0.717) is 28.0 Å². The molecule has 2 aromatic rings. The summed E-state index contributed by atoms with van der Waals surface area (Å²) in [7, 11) is -1.15. The minimum atomic E-state index is -1.15. The first-order valence-corrected chi connectivity index (χ1v) is 14.3. The molecule has 0 saturated heterocycles. The van der Waals surface area contributed by atoms with Crippen molar-refractivity contribution in [1.29, 1.82) is 0 Å². The van der Waals surface area contributed by atoms with E-state index in [0.717, 1.165) is 5.69 Å². The largest absolute Gasteiger partial charge is 0.539 e. The minimum absolute atomic E-state index is 0.0986. The van der Waals surface area contributed by atoms with Crippen molar-refractivity contribution in [3.05, 3.63) is 58.7 Å². The molecule has 162 valence electrons. The maximum Gasteiger partial charge on any atom is 0.539 e. The summed E-state index contributed by atoms with van der Waals surface area (Å²) >= 11 is -0.521. The summed E-state index contributed by atoms with van der Waals surface area (Å²) in [4.78, 5) is 26.3. The summed E-state index contributed by atoms with van der Waals surface area (Å²) < 4.78 is 9.78. The van der Waals surface area contributed by atoms with Crippen LogP contribution in [0.5, 0.6) is 5.75 Å². The van der Waals surface area contributed by atoms with Crippen molar-refractivity contribution in [2.24, 2.45) is 0 Å². The fourth-order valence-electron chi connectivity index (χ4n) is 2.85. The normalized spacial score (nSPS) is 14.8. The van der Waals surface area contributed by atoms with Crippen LogP contribution in [0, 0.1) is 0 Å². The summed E-state index contributed by atoms with van der Waals surface area (Å²) in [5.41, 5.74) is 2.70. The van der Waals surface area contributed by atoms with Crippen LogP contribution in [0.15, 0.2) is 36.4 Å². The Balaban J connectivity index is 1.93. The molecule has 0 heterocycles. The van der Waals surface area contributed by atoms with Crippen molar-refractivity contribution in [2.45, 2.75) is 49.7 Å². The Morgan fingerprint density at radius 2 is 1.33 bits per heavy atom. The molecule has 0 saturated carbocycles. The number of carbonyl (C=O) groups is 2. The van der Waals surface area contributed by atoms with Gasteiger partial charge in [-0.15, -0.1) is 0 Å². The van der Waals surface area contributed by atoms with E-state index in [2.05, 4.69) is 58.8 Å². The number of nitrogens with one attached hydrogen (secondary N) is 1. The molecular formula is C24H31INO3S+. The van der Waals surface area contributed by atoms with Crippen LogP contribution in [0.25, 0.3) is 0 Å². The topological polar surface area (TPSA) is 55.4 Å². The van der Waals surface area contributed by atoms with Crippen molar-refractivity contribution in [3.8, 4) is 5.75 Å². The first-order valence-electron chi connectivity index (χ1n) is 9.91. The molecule has 1 aliphatic carbocycles. The van der Waals surface area contributed by atoms with E-state index < -0.39 is 31.8 Å². The number of anilines is 1. The van der Waals surface area contributed by atoms with Crippen molar-refractivity contribution in [2.75, 3.05) is 17.2 Å². The van der Waals surface area contributed by atoms with Crippen LogP contribution < -0.4 is 29.4 Å². The molecule has 0 unspecified atom stereocenters. The van der Waals surface area contributed by atoms with Crippen LogP contribution >= 0.6 is 10.2 Å². The van der Waals surface area contributed by atoms with E-state index in [1.165, 1.54) is 0 Å². The second kappa shape index (κ2) is 7.86. The lowest BCUT2D eigenvalue weighted by atomic mass is 9.84. The second-order valence-corrected chi connectivity index (χ2v) is 18.1. The molecule has 6 heteroatoms. The molecule has 0 aliphatic heterocycles. The second-order valence-electron chi connectivity index (χ2n) is 9.89. The monoisotopic (exact) mass is 540 g/mol. The van der Waals surface area contributed by atoms with Gasteiger partial charge in [0, 0.05) is 32.7 Å². The first-order chi connectivity index (χ1) is 13.7. The lowest BCUT2D eigenvalue weighted by molar-refractivity contribution is -0.901. The molecule has 0 aromatic heterocycles. The quantitative estimate of drug-likeness (QED) is 0.409. The van der Waals surface area contributed by atoms with Gasteiger partial charge in [-0.25, -0.2) is 0 Å². The number of benzene rings is 2. The van der Waals surface area contributed by atoms with E-state index in [4.69, 9.17) is 3.07 Å². The van der Waals surface area contributed by atoms with Gasteiger partial charge in [-0.3, -0.25) is 12.7 Å². The van der Waals surface area contributed by atoms with Crippen LogP contribution in [0.2, 0.25) is 0 Å². The highest BCUT2D eigenvalue weighted by molar-refractivity contribution is 8.34. The fraction of sp³-hybridized carbons (Fsp3) is 0.417. The number of fused-ring (bicyclic) bond motifs is 2. The van der Waals surface area contributed by atoms with Crippen LogP contribution in [-0.2, 0) is 0 Å². The van der Waals surface area contributed by atoms with E-state index in [1.807, 2.05) is 12.1 Å². The number of rotatable bonds is 4. The van der Waals surface area contributed by atoms with E-state index in [1.54, 1.807) is 24.3 Å². The zero-order chi connectivity index (χ0) is 22.5. The number of ketones is 2. The Morgan fingerprint density at radius 3 is 1.87 bits per heavy atom. The lowest BCUT2D eigenvalue weighted by Gasteiger charge is -2.45. The van der Waals surface area contributed by atoms with E-state index >= 15 is 0 Å². The smallest absolute Gasteiger partial charge is 0.347 e. The van der Waals surface area contributed by atoms with Crippen molar-refractivity contribution in [3.63, 3.8) is 0 Å². The number of halogens is 1. The predicted octanol–water partition coefficient (Wildman–Crippen LogP) is 2.83. The molecule has 0 radical (unpaired) electrons. The third-order valence-electron chi connectivity index (χ3n) is 5.25. The van der Waals surface area contributed by atoms with Gasteiger partial charge in [0.25, 0.3) is 0 Å². The Kier molecular flexibility index (Phi) is 6.06. The highest BCUT2D eigenvalue weighted by Gasteiger charge is 2.34. The minimum Gasteiger partial charge on any atom is -0.347 e. The molecule has 3 rings (SSSR count). The Bertz CT molecular complexity index is 1020. The van der Waals surface area contributed by atoms with Gasteiger partial charge >= 0.3 is 21.6 Å². The van der Waals surface area contributed by atoms with E-state index in [-0.39, 0.29) is 19.7 Å². The number of hydrogen-bond donors (Lipinski definition) is 1. The fourth-order valence-corrected chi connectivity index (χ4v) is 5.06. The van der Waals surface area contributed by atoms with Gasteiger partial charge in [-0.05, 0) is 69.7 Å². The highest BCUT2D eigenvalue weighted by atomic mass is 127. The van der Waals surface area contributed by atoms with Gasteiger partial charge in [0.2, 0.25) is 0 Å². The summed E-state index contributed by atoms with van der Waals surface area (Å²) in [5, 5.41) is 0. The molecular weight excluding hydrogens is 509 g/mol. The van der Waals surface area contributed by atoms with Crippen LogP contribution in [-0.4, -0.2) is 32.2 Å². The van der Waals surface area contributed by atoms with Gasteiger partial charge in [-0.1, -0.05) is 20.8 Å². The highest BCUT2D eigenvalue weighted by Crippen LogP contribution is 2.52. The zero-order valence-corrected chi connectivity index (χ0v) is 21.9. The third kappa shape index (κ3) is 4.69. The van der Waals surface area contributed by atoms with E-state index in [9.17, 15) is 9.59 Å². The van der Waals surface area contributed by atoms with Gasteiger partial charge in [0.05, 0.1) is 0 Å². The first kappa shape index (κ1) is 23.1. The molecule has 30 heavy (non-hydrogen) atoms. The van der Waals surface area contributed by atoms with Crippen molar-refractivity contribution < 1.29 is 34.3 Å². The van der Waals surface area contributed by atoms with Crippen molar-refractivity contribution in [1.82, 2.24) is 0 Å². The third-order valence-corrected chi connectivity index (χ3v) is 11.1. The maximum absolute atomic E-state index is 13.2. The predicted molar refractivity (Wildman–Crippen MR) is 123 cm³/mol. The summed E-state index contributed by atoms with van der Waals surface area (Å²) in [6.07, 6.45) is 4.44. The van der Waals surface area contributed by atoms with Gasteiger partial charge < -0.3 is 4.72 Å². The molecule has 0 atom stereocenters. The number of carbonyl (C=O) groups excluding carboxylic acids is 2. The molecule has 1 N–H and O–H groups in total. The molecule has 4 nitrogen and oxygen atoms in total. The van der Waals surface area contributed by atoms with Crippen LogP contribution in [0.1, 0.15) is 73.4 Å². The average Bonchev–Trinajstić information content (AvgIpc) is 2.62. The standard InChI is InChI=1S/C24H30INO3S/c1-23(2,3)25-29-16-10-12-18-20(14-16)22(28)17-11-9-15(13-19(17)21(18)27)26-30(7,8)24(4,5)6/h9-14H,1-8H3/p+1. The van der Waals surface area contributed by atoms with Gasteiger partial charge in [-0.2, -0.15) is 10.2 Å². The number of alkyl halides is 1. The Labute approximate surface area is 192 Å². The Hall–Kier alpha value is -1.54. The molecule has 0 bridgehead atoms. The van der Waals surface area contributed by atoms with Gasteiger partial charge in [0.15, 0.2) is 20.7 Å². The van der Waals surface area contributed by atoms with Crippen LogP contribution in [0.3, 0.4) is 0 Å². The summed E-state index contributed by atoms with van der Waals surface area (Å²) in [6.45, 7) is 13.0. The molecule has 2 aromatic carbocycles. The molecule has 0 amide bonds. The SMILES string of the molecule is CC(C)(C)[I+]Oc1ccc2c(c1)C(=O)c1ccc(NS(C)(C)C(C)(C)C)cc1C2=O. The number of hydrogen-bond acceptors (Lipinski definition) is 4. The summed E-state index contributed by atoms with van der Waals surface area (Å²) in [6, 6.07) is 10.8. The zero-order valence-electron chi connectivity index (χ0n) is 19.0. The maximum atomic E-state index is 13.2. The van der Waals surface area contributed by atoms with Gasteiger partial charge in [0.1, 0.15) is 0 Å². The molecule has 1 aliphatic rings. The Morgan fingerprint density at radius 1 is 0.800 bits per heavy atom.